The Kier molecular flexibility index (Phi) is 9.67. The molecule has 1 aromatic rings. The minimum absolute atomic E-state index is 0.153. The lowest BCUT2D eigenvalue weighted by Gasteiger charge is -2.16. The molecule has 0 aliphatic heterocycles. The summed E-state index contributed by atoms with van der Waals surface area (Å²) < 4.78 is 0. The molecule has 2 atom stereocenters. The van der Waals surface area contributed by atoms with E-state index in [-0.39, 0.29) is 12.5 Å². The topological polar surface area (TPSA) is 94.4 Å². The lowest BCUT2D eigenvalue weighted by molar-refractivity contribution is 0.179. The van der Waals surface area contributed by atoms with E-state index in [1.165, 1.54) is 6.20 Å². The smallest absolute Gasteiger partial charge is 0.0941 e. The van der Waals surface area contributed by atoms with Gasteiger partial charge in [-0.2, -0.15) is 5.26 Å². The lowest BCUT2D eigenvalue weighted by Crippen LogP contribution is -2.15. The van der Waals surface area contributed by atoms with Gasteiger partial charge in [0.25, 0.3) is 0 Å². The fourth-order valence-electron chi connectivity index (χ4n) is 2.54. The summed E-state index contributed by atoms with van der Waals surface area (Å²) in [5.74, 6) is 0. The molecule has 0 aromatic heterocycles. The Morgan fingerprint density at radius 3 is 2.85 bits per heavy atom. The van der Waals surface area contributed by atoms with Crippen LogP contribution in [0.2, 0.25) is 5.02 Å². The molecular formula is C20H27ClN4O. The van der Waals surface area contributed by atoms with Gasteiger partial charge in [0.1, 0.15) is 0 Å². The van der Waals surface area contributed by atoms with Gasteiger partial charge in [0.15, 0.2) is 0 Å². The SMILES string of the molecule is C=C(C#N)CC(O)c1ccc(Cl)cc1/C(C=NC(CC)CCNC)=C/N. The van der Waals surface area contributed by atoms with Crippen LogP contribution in [0.3, 0.4) is 0 Å². The van der Waals surface area contributed by atoms with Crippen molar-refractivity contribution in [3.63, 3.8) is 0 Å². The summed E-state index contributed by atoms with van der Waals surface area (Å²) in [6.45, 7) is 6.60. The number of hydrogen-bond acceptors (Lipinski definition) is 5. The molecule has 0 saturated carbocycles. The molecule has 0 fully saturated rings. The van der Waals surface area contributed by atoms with E-state index >= 15 is 0 Å². The van der Waals surface area contributed by atoms with E-state index in [0.717, 1.165) is 19.4 Å². The van der Waals surface area contributed by atoms with Gasteiger partial charge in [-0.25, -0.2) is 0 Å². The molecule has 26 heavy (non-hydrogen) atoms. The third-order valence-electron chi connectivity index (χ3n) is 4.09. The van der Waals surface area contributed by atoms with Crippen LogP contribution in [0.15, 0.2) is 41.5 Å². The summed E-state index contributed by atoms with van der Waals surface area (Å²) in [6, 6.07) is 7.32. The predicted octanol–water partition coefficient (Wildman–Crippen LogP) is 3.60. The molecule has 1 rings (SSSR count). The zero-order chi connectivity index (χ0) is 19.5. The van der Waals surface area contributed by atoms with Crippen molar-refractivity contribution in [2.75, 3.05) is 13.6 Å². The molecule has 6 heteroatoms. The van der Waals surface area contributed by atoms with Crippen molar-refractivity contribution in [1.29, 1.82) is 5.26 Å². The fraction of sp³-hybridized carbons (Fsp3) is 0.400. The normalized spacial score (nSPS) is 14.2. The minimum Gasteiger partial charge on any atom is -0.404 e. The maximum atomic E-state index is 10.5. The van der Waals surface area contributed by atoms with E-state index in [1.807, 2.05) is 13.1 Å². The number of hydrogen-bond donors (Lipinski definition) is 3. The maximum absolute atomic E-state index is 10.5. The molecule has 0 heterocycles. The molecule has 0 amide bonds. The number of nitriles is 1. The second kappa shape index (κ2) is 11.5. The first-order valence-corrected chi connectivity index (χ1v) is 9.00. The van der Waals surface area contributed by atoms with Crippen LogP contribution in [-0.4, -0.2) is 31.0 Å². The van der Waals surface area contributed by atoms with E-state index in [1.54, 1.807) is 24.4 Å². The summed E-state index contributed by atoms with van der Waals surface area (Å²) >= 11 is 6.14. The molecule has 140 valence electrons. The van der Waals surface area contributed by atoms with Crippen LogP contribution in [-0.2, 0) is 0 Å². The van der Waals surface area contributed by atoms with Gasteiger partial charge in [-0.1, -0.05) is 31.2 Å². The number of nitrogens with one attached hydrogen (secondary N) is 1. The third kappa shape index (κ3) is 6.64. The number of aliphatic hydroxyl groups is 1. The van der Waals surface area contributed by atoms with Crippen LogP contribution in [0.5, 0.6) is 0 Å². The maximum Gasteiger partial charge on any atom is 0.0941 e. The Balaban J connectivity index is 3.15. The summed E-state index contributed by atoms with van der Waals surface area (Å²) in [5, 5.41) is 23.1. The number of rotatable bonds is 10. The Labute approximate surface area is 160 Å². The zero-order valence-corrected chi connectivity index (χ0v) is 16.1. The molecule has 0 bridgehead atoms. The highest BCUT2D eigenvalue weighted by Crippen LogP contribution is 2.30. The number of allylic oxidation sites excluding steroid dienone is 1. The van der Waals surface area contributed by atoms with Gasteiger partial charge in [-0.3, -0.25) is 4.99 Å². The van der Waals surface area contributed by atoms with E-state index in [4.69, 9.17) is 22.6 Å². The molecule has 0 aliphatic carbocycles. The summed E-state index contributed by atoms with van der Waals surface area (Å²) in [5.41, 5.74) is 8.14. The molecule has 0 radical (unpaired) electrons. The first kappa shape index (κ1) is 21.9. The summed E-state index contributed by atoms with van der Waals surface area (Å²) in [6.07, 6.45) is 4.31. The fourth-order valence-corrected chi connectivity index (χ4v) is 2.71. The second-order valence-electron chi connectivity index (χ2n) is 6.02. The van der Waals surface area contributed by atoms with Crippen molar-refractivity contribution in [2.24, 2.45) is 10.7 Å². The van der Waals surface area contributed by atoms with Crippen molar-refractivity contribution in [2.45, 2.75) is 38.3 Å². The van der Waals surface area contributed by atoms with Gasteiger partial charge >= 0.3 is 0 Å². The van der Waals surface area contributed by atoms with E-state index in [9.17, 15) is 5.11 Å². The van der Waals surface area contributed by atoms with Gasteiger partial charge in [-0.15, -0.1) is 0 Å². The Hall–Kier alpha value is -2.13. The molecule has 5 nitrogen and oxygen atoms in total. The van der Waals surface area contributed by atoms with Crippen molar-refractivity contribution in [1.82, 2.24) is 5.32 Å². The quantitative estimate of drug-likeness (QED) is 0.430. The Morgan fingerprint density at radius 2 is 2.27 bits per heavy atom. The summed E-state index contributed by atoms with van der Waals surface area (Å²) in [4.78, 5) is 4.63. The average molecular weight is 375 g/mol. The van der Waals surface area contributed by atoms with Gasteiger partial charge < -0.3 is 16.2 Å². The Bertz CT molecular complexity index is 706. The van der Waals surface area contributed by atoms with Crippen LogP contribution in [0.1, 0.15) is 43.4 Å². The van der Waals surface area contributed by atoms with Crippen molar-refractivity contribution in [3.05, 3.63) is 52.7 Å². The number of nitrogens with zero attached hydrogens (tertiary/aromatic N) is 2. The van der Waals surface area contributed by atoms with Gasteiger partial charge in [0.05, 0.1) is 18.2 Å². The first-order chi connectivity index (χ1) is 12.5. The third-order valence-corrected chi connectivity index (χ3v) is 4.32. The largest absolute Gasteiger partial charge is 0.404 e. The van der Waals surface area contributed by atoms with Crippen molar-refractivity contribution in [3.8, 4) is 6.07 Å². The number of benzene rings is 1. The standard InChI is InChI=1S/C20H27ClN4O/c1-4-17(7-8-24-3)25-13-15(12-23)19-10-16(21)5-6-18(19)20(26)9-14(2)11-22/h5-6,10,12-13,17,20,24,26H,2,4,7-9,23H2,1,3H3/b15-12+,25-13?. The highest BCUT2D eigenvalue weighted by Gasteiger charge is 2.16. The predicted molar refractivity (Wildman–Crippen MR) is 109 cm³/mol. The average Bonchev–Trinajstić information content (AvgIpc) is 2.64. The number of nitrogens with two attached hydrogens (primary N) is 1. The Morgan fingerprint density at radius 1 is 1.54 bits per heavy atom. The van der Waals surface area contributed by atoms with Crippen LogP contribution in [0.25, 0.3) is 5.57 Å². The summed E-state index contributed by atoms with van der Waals surface area (Å²) in [7, 11) is 1.91. The van der Waals surface area contributed by atoms with Crippen molar-refractivity contribution >= 4 is 23.4 Å². The molecule has 0 spiro atoms. The monoisotopic (exact) mass is 374 g/mol. The van der Waals surface area contributed by atoms with E-state index in [2.05, 4.69) is 23.8 Å². The second-order valence-corrected chi connectivity index (χ2v) is 6.46. The van der Waals surface area contributed by atoms with Crippen LogP contribution < -0.4 is 11.1 Å². The molecular weight excluding hydrogens is 348 g/mol. The zero-order valence-electron chi connectivity index (χ0n) is 15.4. The van der Waals surface area contributed by atoms with Crippen LogP contribution in [0.4, 0.5) is 0 Å². The van der Waals surface area contributed by atoms with Gasteiger partial charge in [0, 0.05) is 35.0 Å². The van der Waals surface area contributed by atoms with Gasteiger partial charge in [0.2, 0.25) is 0 Å². The molecule has 0 saturated heterocycles. The molecule has 1 aromatic carbocycles. The van der Waals surface area contributed by atoms with Crippen LogP contribution >= 0.6 is 11.6 Å². The minimum atomic E-state index is -0.871. The molecule has 2 unspecified atom stereocenters. The van der Waals surface area contributed by atoms with Crippen molar-refractivity contribution < 1.29 is 5.11 Å². The highest BCUT2D eigenvalue weighted by atomic mass is 35.5. The first-order valence-electron chi connectivity index (χ1n) is 8.62. The number of aliphatic imine (C=N–C) groups is 1. The van der Waals surface area contributed by atoms with E-state index < -0.39 is 6.10 Å². The molecule has 4 N–H and O–H groups in total. The van der Waals surface area contributed by atoms with Gasteiger partial charge in [-0.05, 0) is 49.7 Å². The lowest BCUT2D eigenvalue weighted by atomic mass is 9.94. The van der Waals surface area contributed by atoms with E-state index in [0.29, 0.717) is 27.3 Å². The van der Waals surface area contributed by atoms with Crippen LogP contribution in [0, 0.1) is 11.3 Å². The number of halogens is 1. The number of aliphatic hydroxyl groups excluding tert-OH is 1. The highest BCUT2D eigenvalue weighted by molar-refractivity contribution is 6.31. The molecule has 0 aliphatic rings.